The Hall–Kier alpha value is -2.58. The molecule has 158 valence electrons. The highest BCUT2D eigenvalue weighted by molar-refractivity contribution is 7.15. The quantitative estimate of drug-likeness (QED) is 0.485. The molecule has 1 saturated heterocycles. The van der Waals surface area contributed by atoms with Gasteiger partial charge in [0.25, 0.3) is 0 Å². The topological polar surface area (TPSA) is 65.2 Å². The minimum atomic E-state index is 0.136. The summed E-state index contributed by atoms with van der Waals surface area (Å²) in [5.41, 5.74) is 1.90. The van der Waals surface area contributed by atoms with Gasteiger partial charge in [-0.25, -0.2) is 9.98 Å². The molecule has 0 spiro atoms. The van der Waals surface area contributed by atoms with Crippen LogP contribution in [0.2, 0.25) is 5.02 Å². The minimum Gasteiger partial charge on any atom is -0.357 e. The Morgan fingerprint density at radius 1 is 1.27 bits per heavy atom. The number of aliphatic imine (C=N–C) groups is 1. The summed E-state index contributed by atoms with van der Waals surface area (Å²) >= 11 is 7.65. The fourth-order valence-electron chi connectivity index (χ4n) is 3.53. The summed E-state index contributed by atoms with van der Waals surface area (Å²) in [5, 5.41) is 6.05. The average Bonchev–Trinajstić information content (AvgIpc) is 3.33. The van der Waals surface area contributed by atoms with Crippen LogP contribution in [0.1, 0.15) is 18.2 Å². The van der Waals surface area contributed by atoms with Gasteiger partial charge in [0.2, 0.25) is 5.91 Å². The van der Waals surface area contributed by atoms with Gasteiger partial charge in [0, 0.05) is 55.5 Å². The number of carbonyl (C=O) groups is 1. The Bertz CT molecular complexity index is 1010. The molecule has 3 aromatic rings. The lowest BCUT2D eigenvalue weighted by Gasteiger charge is -2.36. The lowest BCUT2D eigenvalue weighted by molar-refractivity contribution is -0.131. The van der Waals surface area contributed by atoms with Gasteiger partial charge in [-0.05, 0) is 24.6 Å². The monoisotopic (exact) mass is 444 g/mol. The number of imidazole rings is 1. The summed E-state index contributed by atoms with van der Waals surface area (Å²) in [7, 11) is 0. The van der Waals surface area contributed by atoms with Crippen LogP contribution >= 0.6 is 22.9 Å². The predicted molar refractivity (Wildman–Crippen MR) is 121 cm³/mol. The molecule has 1 amide bonds. The maximum absolute atomic E-state index is 12.7. The first-order chi connectivity index (χ1) is 14.6. The maximum atomic E-state index is 12.7. The Morgan fingerprint density at radius 3 is 2.80 bits per heavy atom. The van der Waals surface area contributed by atoms with E-state index in [9.17, 15) is 4.79 Å². The summed E-state index contributed by atoms with van der Waals surface area (Å²) in [6.45, 7) is 6.27. The van der Waals surface area contributed by atoms with Crippen LogP contribution in [0.3, 0.4) is 0 Å². The standard InChI is InChI=1S/C21H25ClN6OS/c1-2-23-20(24-14-18-15-28-10-11-30-21(28)25-18)27-8-6-26(7-9-27)19(29)13-16-4-3-5-17(22)12-16/h3-5,10-12,15H,2,6-9,13-14H2,1H3,(H,23,24). The second-order valence-corrected chi connectivity index (χ2v) is 8.48. The number of nitrogens with one attached hydrogen (secondary N) is 1. The fraction of sp³-hybridized carbons (Fsp3) is 0.381. The summed E-state index contributed by atoms with van der Waals surface area (Å²) in [4.78, 5) is 27.1. The lowest BCUT2D eigenvalue weighted by atomic mass is 10.1. The van der Waals surface area contributed by atoms with Crippen LogP contribution in [0.5, 0.6) is 0 Å². The highest BCUT2D eigenvalue weighted by atomic mass is 35.5. The van der Waals surface area contributed by atoms with E-state index < -0.39 is 0 Å². The molecule has 0 aliphatic carbocycles. The van der Waals surface area contributed by atoms with Gasteiger partial charge in [-0.15, -0.1) is 11.3 Å². The number of fused-ring (bicyclic) bond motifs is 1. The van der Waals surface area contributed by atoms with Crippen molar-refractivity contribution < 1.29 is 4.79 Å². The van der Waals surface area contributed by atoms with Crippen molar-refractivity contribution in [2.24, 2.45) is 4.99 Å². The summed E-state index contributed by atoms with van der Waals surface area (Å²) < 4.78 is 2.02. The van der Waals surface area contributed by atoms with Crippen LogP contribution in [-0.2, 0) is 17.8 Å². The Morgan fingerprint density at radius 2 is 2.07 bits per heavy atom. The summed E-state index contributed by atoms with van der Waals surface area (Å²) in [6, 6.07) is 7.50. The van der Waals surface area contributed by atoms with Crippen molar-refractivity contribution in [1.29, 1.82) is 0 Å². The van der Waals surface area contributed by atoms with Crippen LogP contribution < -0.4 is 5.32 Å². The third-order valence-corrected chi connectivity index (χ3v) is 6.05. The van der Waals surface area contributed by atoms with Crippen molar-refractivity contribution >= 4 is 39.8 Å². The number of carbonyl (C=O) groups excluding carboxylic acids is 1. The molecule has 2 aromatic heterocycles. The first-order valence-corrected chi connectivity index (χ1v) is 11.3. The number of hydrogen-bond acceptors (Lipinski definition) is 4. The van der Waals surface area contributed by atoms with Gasteiger partial charge in [-0.3, -0.25) is 9.20 Å². The van der Waals surface area contributed by atoms with E-state index in [2.05, 4.69) is 22.1 Å². The van der Waals surface area contributed by atoms with Crippen LogP contribution in [-0.4, -0.2) is 63.8 Å². The first-order valence-electron chi connectivity index (χ1n) is 10.1. The normalized spacial score (nSPS) is 15.1. The molecule has 0 saturated carbocycles. The molecular weight excluding hydrogens is 420 g/mol. The molecule has 1 fully saturated rings. The number of nitrogens with zero attached hydrogens (tertiary/aromatic N) is 5. The van der Waals surface area contributed by atoms with Crippen molar-refractivity contribution in [2.75, 3.05) is 32.7 Å². The molecule has 30 heavy (non-hydrogen) atoms. The van der Waals surface area contributed by atoms with Crippen molar-refractivity contribution in [2.45, 2.75) is 19.9 Å². The molecule has 7 nitrogen and oxygen atoms in total. The van der Waals surface area contributed by atoms with Gasteiger partial charge in [0.05, 0.1) is 18.7 Å². The van der Waals surface area contributed by atoms with E-state index in [-0.39, 0.29) is 5.91 Å². The highest BCUT2D eigenvalue weighted by Crippen LogP contribution is 2.14. The number of thiazole rings is 1. The fourth-order valence-corrected chi connectivity index (χ4v) is 4.47. The molecule has 0 bridgehead atoms. The molecule has 0 unspecified atom stereocenters. The lowest BCUT2D eigenvalue weighted by Crippen LogP contribution is -2.54. The average molecular weight is 445 g/mol. The number of hydrogen-bond donors (Lipinski definition) is 1. The largest absolute Gasteiger partial charge is 0.357 e. The van der Waals surface area contributed by atoms with Gasteiger partial charge in [-0.2, -0.15) is 0 Å². The van der Waals surface area contributed by atoms with Gasteiger partial charge in [0.15, 0.2) is 10.9 Å². The van der Waals surface area contributed by atoms with Gasteiger partial charge in [0.1, 0.15) is 0 Å². The second kappa shape index (κ2) is 9.49. The summed E-state index contributed by atoms with van der Waals surface area (Å²) in [6.07, 6.45) is 4.41. The minimum absolute atomic E-state index is 0.136. The van der Waals surface area contributed by atoms with Crippen molar-refractivity contribution in [3.05, 3.63) is 58.3 Å². The van der Waals surface area contributed by atoms with Crippen LogP contribution in [0.4, 0.5) is 0 Å². The molecule has 9 heteroatoms. The highest BCUT2D eigenvalue weighted by Gasteiger charge is 2.23. The molecule has 0 radical (unpaired) electrons. The number of benzene rings is 1. The zero-order chi connectivity index (χ0) is 20.9. The molecule has 0 atom stereocenters. The van der Waals surface area contributed by atoms with Crippen molar-refractivity contribution in [1.82, 2.24) is 24.5 Å². The predicted octanol–water partition coefficient (Wildman–Crippen LogP) is 2.90. The van der Waals surface area contributed by atoms with Crippen LogP contribution in [0.15, 0.2) is 47.0 Å². The SMILES string of the molecule is CCNC(=NCc1cn2ccsc2n1)N1CCN(C(=O)Cc2cccc(Cl)c2)CC1. The van der Waals surface area contributed by atoms with Gasteiger partial charge >= 0.3 is 0 Å². The van der Waals surface area contributed by atoms with E-state index in [4.69, 9.17) is 16.6 Å². The molecular formula is C21H25ClN6OS. The number of rotatable bonds is 5. The second-order valence-electron chi connectivity index (χ2n) is 7.17. The molecule has 1 N–H and O–H groups in total. The molecule has 3 heterocycles. The van der Waals surface area contributed by atoms with E-state index in [1.54, 1.807) is 11.3 Å². The zero-order valence-electron chi connectivity index (χ0n) is 16.9. The third-order valence-electron chi connectivity index (χ3n) is 5.05. The van der Waals surface area contributed by atoms with E-state index in [1.165, 1.54) is 0 Å². The first kappa shape index (κ1) is 20.7. The number of halogens is 1. The molecule has 1 aliphatic rings. The Balaban J connectivity index is 1.34. The van der Waals surface area contributed by atoms with E-state index in [1.807, 2.05) is 51.3 Å². The van der Waals surface area contributed by atoms with Crippen LogP contribution in [0.25, 0.3) is 4.96 Å². The van der Waals surface area contributed by atoms with Crippen molar-refractivity contribution in [3.8, 4) is 0 Å². The summed E-state index contributed by atoms with van der Waals surface area (Å²) in [5.74, 6) is 1.01. The number of amides is 1. The Kier molecular flexibility index (Phi) is 6.54. The Labute approximate surface area is 185 Å². The number of guanidine groups is 1. The molecule has 4 rings (SSSR count). The van der Waals surface area contributed by atoms with E-state index in [0.29, 0.717) is 31.1 Å². The molecule has 1 aromatic carbocycles. The zero-order valence-corrected chi connectivity index (χ0v) is 18.5. The van der Waals surface area contributed by atoms with E-state index in [0.717, 1.165) is 41.8 Å². The molecule has 1 aliphatic heterocycles. The van der Waals surface area contributed by atoms with Crippen molar-refractivity contribution in [3.63, 3.8) is 0 Å². The van der Waals surface area contributed by atoms with Gasteiger partial charge in [-0.1, -0.05) is 23.7 Å². The number of piperazine rings is 1. The van der Waals surface area contributed by atoms with Crippen LogP contribution in [0, 0.1) is 0 Å². The van der Waals surface area contributed by atoms with E-state index >= 15 is 0 Å². The number of aromatic nitrogens is 2. The van der Waals surface area contributed by atoms with Gasteiger partial charge < -0.3 is 15.1 Å². The maximum Gasteiger partial charge on any atom is 0.227 e. The third kappa shape index (κ3) is 4.94. The smallest absolute Gasteiger partial charge is 0.227 e.